The van der Waals surface area contributed by atoms with Gasteiger partial charge in [0.2, 0.25) is 0 Å². The molecule has 0 aliphatic carbocycles. The zero-order chi connectivity index (χ0) is 29.9. The van der Waals surface area contributed by atoms with Crippen LogP contribution in [0.15, 0.2) is 140 Å². The highest BCUT2D eigenvalue weighted by Crippen LogP contribution is 2.34. The molecule has 9 rings (SSSR count). The van der Waals surface area contributed by atoms with Crippen molar-refractivity contribution in [2.24, 2.45) is 0 Å². The first kappa shape index (κ1) is 25.4. The summed E-state index contributed by atoms with van der Waals surface area (Å²) in [5.41, 5.74) is 9.42. The van der Waals surface area contributed by atoms with E-state index in [1.165, 1.54) is 21.5 Å². The highest BCUT2D eigenvalue weighted by atomic mass is 15.1. The fourth-order valence-electron chi connectivity index (χ4n) is 6.65. The Hall–Kier alpha value is -6.14. The average molecular weight is 579 g/mol. The van der Waals surface area contributed by atoms with E-state index in [1.807, 2.05) is 24.8 Å². The second-order valence-corrected chi connectivity index (χ2v) is 11.3. The number of fused-ring (bicyclic) bond motifs is 6. The van der Waals surface area contributed by atoms with Crippen LogP contribution in [0.5, 0.6) is 0 Å². The molecule has 0 radical (unpaired) electrons. The molecule has 0 saturated heterocycles. The van der Waals surface area contributed by atoms with E-state index < -0.39 is 0 Å². The molecule has 0 unspecified atom stereocenters. The molecule has 0 atom stereocenters. The molecular formula is C39H26N6. The number of pyridine rings is 4. The summed E-state index contributed by atoms with van der Waals surface area (Å²) in [6, 6.07) is 39.9. The number of rotatable bonds is 4. The third kappa shape index (κ3) is 3.96. The van der Waals surface area contributed by atoms with Gasteiger partial charge < -0.3 is 0 Å². The van der Waals surface area contributed by atoms with Gasteiger partial charge >= 0.3 is 0 Å². The van der Waals surface area contributed by atoms with Crippen LogP contribution in [0.3, 0.4) is 0 Å². The molecule has 0 aliphatic rings. The minimum absolute atomic E-state index is 0.864. The van der Waals surface area contributed by atoms with Crippen molar-refractivity contribution >= 4 is 43.6 Å². The molecule has 0 fully saturated rings. The summed E-state index contributed by atoms with van der Waals surface area (Å²) >= 11 is 0. The number of para-hydroxylation sites is 2. The highest BCUT2D eigenvalue weighted by molar-refractivity contribution is 6.09. The summed E-state index contributed by atoms with van der Waals surface area (Å²) in [6.45, 7) is 2.14. The molecule has 0 amide bonds. The van der Waals surface area contributed by atoms with Crippen molar-refractivity contribution in [1.29, 1.82) is 0 Å². The maximum atomic E-state index is 5.17. The van der Waals surface area contributed by atoms with E-state index in [2.05, 4.69) is 141 Å². The Morgan fingerprint density at radius 2 is 1.00 bits per heavy atom. The highest BCUT2D eigenvalue weighted by Gasteiger charge is 2.16. The molecule has 212 valence electrons. The van der Waals surface area contributed by atoms with E-state index in [4.69, 9.17) is 9.97 Å². The van der Waals surface area contributed by atoms with E-state index in [0.29, 0.717) is 0 Å². The van der Waals surface area contributed by atoms with E-state index in [1.54, 1.807) is 0 Å². The first-order valence-corrected chi connectivity index (χ1v) is 15.0. The molecular weight excluding hydrogens is 552 g/mol. The lowest BCUT2D eigenvalue weighted by Crippen LogP contribution is -2.00. The van der Waals surface area contributed by atoms with Crippen LogP contribution in [-0.2, 0) is 0 Å². The molecule has 6 nitrogen and oxygen atoms in total. The Labute approximate surface area is 258 Å². The maximum absolute atomic E-state index is 5.17. The first-order valence-electron chi connectivity index (χ1n) is 15.0. The van der Waals surface area contributed by atoms with Gasteiger partial charge in [-0.2, -0.15) is 0 Å². The largest absolute Gasteiger partial charge is 0.292 e. The third-order valence-electron chi connectivity index (χ3n) is 8.68. The van der Waals surface area contributed by atoms with Gasteiger partial charge in [0.05, 0.1) is 45.8 Å². The van der Waals surface area contributed by atoms with Crippen LogP contribution in [0.4, 0.5) is 0 Å². The van der Waals surface area contributed by atoms with Crippen LogP contribution in [0.25, 0.3) is 77.8 Å². The number of nitrogens with zero attached hydrogens (tertiary/aromatic N) is 6. The molecule has 0 saturated carbocycles. The second kappa shape index (κ2) is 9.96. The Morgan fingerprint density at radius 1 is 0.467 bits per heavy atom. The summed E-state index contributed by atoms with van der Waals surface area (Å²) in [6.07, 6.45) is 7.52. The zero-order valence-corrected chi connectivity index (χ0v) is 24.5. The van der Waals surface area contributed by atoms with Gasteiger partial charge in [0.15, 0.2) is 0 Å². The predicted molar refractivity (Wildman–Crippen MR) is 182 cm³/mol. The molecule has 3 aromatic carbocycles. The minimum Gasteiger partial charge on any atom is -0.292 e. The summed E-state index contributed by atoms with van der Waals surface area (Å²) < 4.78 is 4.40. The van der Waals surface area contributed by atoms with E-state index in [-0.39, 0.29) is 0 Å². The van der Waals surface area contributed by atoms with Crippen molar-refractivity contribution in [2.75, 3.05) is 0 Å². The minimum atomic E-state index is 0.864. The van der Waals surface area contributed by atoms with Crippen molar-refractivity contribution in [1.82, 2.24) is 29.1 Å². The Kier molecular flexibility index (Phi) is 5.62. The second-order valence-electron chi connectivity index (χ2n) is 11.3. The number of hydrogen-bond acceptors (Lipinski definition) is 4. The summed E-state index contributed by atoms with van der Waals surface area (Å²) in [5.74, 6) is 1.73. The standard InChI is InChI=1S/C39H26N6/c1-25-22-26(32-10-6-14-38(42-32)44-34-12-4-2-8-28(34)30-18-20-40-23-36(30)44)16-17-27(25)33-11-7-15-39(43-33)45-35-13-5-3-9-29(35)31-19-21-41-24-37(31)45/h2-24H,1H3. The molecule has 6 aromatic heterocycles. The molecule has 45 heavy (non-hydrogen) atoms. The number of benzene rings is 3. The van der Waals surface area contributed by atoms with Crippen LogP contribution >= 0.6 is 0 Å². The van der Waals surface area contributed by atoms with Crippen LogP contribution in [0.1, 0.15) is 5.56 Å². The van der Waals surface area contributed by atoms with Crippen molar-refractivity contribution in [2.45, 2.75) is 6.92 Å². The van der Waals surface area contributed by atoms with Crippen molar-refractivity contribution in [3.63, 3.8) is 0 Å². The van der Waals surface area contributed by atoms with Gasteiger partial charge in [-0.15, -0.1) is 0 Å². The van der Waals surface area contributed by atoms with Crippen molar-refractivity contribution in [3.05, 3.63) is 146 Å². The van der Waals surface area contributed by atoms with E-state index in [0.717, 1.165) is 61.8 Å². The summed E-state index contributed by atoms with van der Waals surface area (Å²) in [7, 11) is 0. The molecule has 0 N–H and O–H groups in total. The maximum Gasteiger partial charge on any atom is 0.138 e. The van der Waals surface area contributed by atoms with Gasteiger partial charge in [0.25, 0.3) is 0 Å². The van der Waals surface area contributed by atoms with Gasteiger partial charge in [-0.3, -0.25) is 19.1 Å². The quantitative estimate of drug-likeness (QED) is 0.209. The third-order valence-corrected chi connectivity index (χ3v) is 8.68. The zero-order valence-electron chi connectivity index (χ0n) is 24.5. The predicted octanol–water partition coefficient (Wildman–Crippen LogP) is 9.10. The fraction of sp³-hybridized carbons (Fsp3) is 0.0256. The van der Waals surface area contributed by atoms with Crippen LogP contribution in [0.2, 0.25) is 0 Å². The molecule has 6 heteroatoms. The Morgan fingerprint density at radius 3 is 1.60 bits per heavy atom. The lowest BCUT2D eigenvalue weighted by molar-refractivity contribution is 1.07. The SMILES string of the molecule is Cc1cc(-c2cccc(-n3c4ccccc4c4ccncc43)n2)ccc1-c1cccc(-n2c3ccccc3c3ccncc32)n1. The van der Waals surface area contributed by atoms with Crippen LogP contribution < -0.4 is 0 Å². The molecule has 0 bridgehead atoms. The summed E-state index contributed by atoms with van der Waals surface area (Å²) in [5, 5.41) is 4.71. The van der Waals surface area contributed by atoms with Crippen LogP contribution in [-0.4, -0.2) is 29.1 Å². The smallest absolute Gasteiger partial charge is 0.138 e. The van der Waals surface area contributed by atoms with Gasteiger partial charge in [0, 0.05) is 45.1 Å². The Bertz CT molecular complexity index is 2470. The molecule has 0 aliphatic heterocycles. The molecule has 0 spiro atoms. The van der Waals surface area contributed by atoms with Crippen molar-refractivity contribution < 1.29 is 0 Å². The monoisotopic (exact) mass is 578 g/mol. The van der Waals surface area contributed by atoms with Gasteiger partial charge in [-0.25, -0.2) is 9.97 Å². The summed E-state index contributed by atoms with van der Waals surface area (Å²) in [4.78, 5) is 19.1. The fourth-order valence-corrected chi connectivity index (χ4v) is 6.65. The number of aromatic nitrogens is 6. The van der Waals surface area contributed by atoms with Gasteiger partial charge in [-0.05, 0) is 67.1 Å². The molecule has 6 heterocycles. The van der Waals surface area contributed by atoms with E-state index in [9.17, 15) is 0 Å². The topological polar surface area (TPSA) is 61.4 Å². The average Bonchev–Trinajstić information content (AvgIpc) is 3.62. The van der Waals surface area contributed by atoms with Crippen molar-refractivity contribution in [3.8, 4) is 34.2 Å². The number of hydrogen-bond donors (Lipinski definition) is 0. The van der Waals surface area contributed by atoms with Gasteiger partial charge in [0.1, 0.15) is 11.6 Å². The lowest BCUT2D eigenvalue weighted by Gasteiger charge is -2.12. The Balaban J connectivity index is 1.12. The normalized spacial score (nSPS) is 11.7. The van der Waals surface area contributed by atoms with Gasteiger partial charge in [-0.1, -0.05) is 60.7 Å². The van der Waals surface area contributed by atoms with E-state index >= 15 is 0 Å². The number of aryl methyl sites for hydroxylation is 1. The first-order chi connectivity index (χ1) is 22.2. The molecule has 9 aromatic rings. The van der Waals surface area contributed by atoms with Crippen LogP contribution in [0, 0.1) is 6.92 Å². The lowest BCUT2D eigenvalue weighted by atomic mass is 10.0.